The fraction of sp³-hybridized carbons (Fsp3) is 0.200. The van der Waals surface area contributed by atoms with Crippen LogP contribution in [0, 0.1) is 0 Å². The Morgan fingerprint density at radius 3 is 2.86 bits per heavy atom. The van der Waals surface area contributed by atoms with E-state index in [0.29, 0.717) is 0 Å². The molecular weight excluding hydrogens is 108 g/mol. The lowest BCUT2D eigenvalue weighted by Crippen LogP contribution is -2.04. The molecule has 0 N–H and O–H groups in total. The average Bonchev–Trinajstić information content (AvgIpc) is 1.85. The fourth-order valence-electron chi connectivity index (χ4n) is 0.619. The molecule has 2 rings (SSSR count). The van der Waals surface area contributed by atoms with Crippen molar-refractivity contribution in [1.82, 2.24) is 0 Å². The maximum absolute atomic E-state index is 5.03. The molecule has 0 saturated heterocycles. The molecule has 0 fully saturated rings. The van der Waals surface area contributed by atoms with Crippen LogP contribution in [0.1, 0.15) is 5.56 Å². The third-order valence-electron chi connectivity index (χ3n) is 1.09. The first-order valence-electron chi connectivity index (χ1n) is 2.15. The van der Waals surface area contributed by atoms with Crippen LogP contribution in [0.2, 0.25) is 0 Å². The summed E-state index contributed by atoms with van der Waals surface area (Å²) in [5, 5.41) is 4.15. The third kappa shape index (κ3) is 0.320. The monoisotopic (exact) mass is 112 g/mol. The molecule has 0 saturated carbocycles. The van der Waals surface area contributed by atoms with E-state index in [4.69, 9.17) is 4.74 Å². The van der Waals surface area contributed by atoms with E-state index in [9.17, 15) is 0 Å². The van der Waals surface area contributed by atoms with Crippen molar-refractivity contribution in [2.45, 2.75) is 6.61 Å². The lowest BCUT2D eigenvalue weighted by Gasteiger charge is -2.13. The Labute approximate surface area is 45.5 Å². The molecule has 0 aliphatic carbocycles. The summed E-state index contributed by atoms with van der Waals surface area (Å²) < 4.78 is 5.03. The van der Waals surface area contributed by atoms with Crippen molar-refractivity contribution in [3.8, 4) is 5.75 Å². The van der Waals surface area contributed by atoms with Crippen molar-refractivity contribution in [3.63, 3.8) is 0 Å². The SMILES string of the molecule is c1scc2c1CO2. The van der Waals surface area contributed by atoms with Gasteiger partial charge in [0.2, 0.25) is 0 Å². The smallest absolute Gasteiger partial charge is 0.137 e. The van der Waals surface area contributed by atoms with E-state index in [1.165, 1.54) is 5.56 Å². The number of hydrogen-bond donors (Lipinski definition) is 0. The average molecular weight is 112 g/mol. The van der Waals surface area contributed by atoms with Gasteiger partial charge in [-0.3, -0.25) is 0 Å². The first-order chi connectivity index (χ1) is 3.47. The normalized spacial score (nSPS) is 14.3. The molecule has 1 nitrogen and oxygen atoms in total. The van der Waals surface area contributed by atoms with Gasteiger partial charge in [-0.25, -0.2) is 0 Å². The highest BCUT2D eigenvalue weighted by Gasteiger charge is 2.13. The van der Waals surface area contributed by atoms with Gasteiger partial charge < -0.3 is 4.74 Å². The van der Waals surface area contributed by atoms with Crippen molar-refractivity contribution in [3.05, 3.63) is 16.3 Å². The summed E-state index contributed by atoms with van der Waals surface area (Å²) in [5.41, 5.74) is 1.37. The molecule has 0 aromatic carbocycles. The van der Waals surface area contributed by atoms with Gasteiger partial charge in [0, 0.05) is 16.3 Å². The van der Waals surface area contributed by atoms with Gasteiger partial charge in [0.05, 0.1) is 0 Å². The van der Waals surface area contributed by atoms with Gasteiger partial charge in [-0.2, -0.15) is 0 Å². The molecule has 0 radical (unpaired) electrons. The molecule has 0 bridgehead atoms. The van der Waals surface area contributed by atoms with Crippen LogP contribution in [-0.2, 0) is 6.61 Å². The number of ether oxygens (including phenoxy) is 1. The maximum atomic E-state index is 5.03. The lowest BCUT2D eigenvalue weighted by molar-refractivity contribution is 0.246. The predicted octanol–water partition coefficient (Wildman–Crippen LogP) is 1.64. The van der Waals surface area contributed by atoms with Gasteiger partial charge in [-0.1, -0.05) is 0 Å². The molecule has 36 valence electrons. The molecule has 1 aromatic heterocycles. The molecule has 1 aromatic rings. The van der Waals surface area contributed by atoms with Gasteiger partial charge in [0.1, 0.15) is 12.4 Å². The Kier molecular flexibility index (Phi) is 0.504. The highest BCUT2D eigenvalue weighted by molar-refractivity contribution is 7.08. The second kappa shape index (κ2) is 1.01. The number of fused-ring (bicyclic) bond motifs is 1. The summed E-state index contributed by atoms with van der Waals surface area (Å²) in [6.45, 7) is 0.832. The van der Waals surface area contributed by atoms with Crippen molar-refractivity contribution in [1.29, 1.82) is 0 Å². The minimum Gasteiger partial charge on any atom is -0.487 e. The highest BCUT2D eigenvalue weighted by Crippen LogP contribution is 2.31. The lowest BCUT2D eigenvalue weighted by atomic mass is 10.3. The summed E-state index contributed by atoms with van der Waals surface area (Å²) in [4.78, 5) is 0. The number of rotatable bonds is 0. The van der Waals surface area contributed by atoms with E-state index >= 15 is 0 Å². The van der Waals surface area contributed by atoms with Crippen molar-refractivity contribution in [2.24, 2.45) is 0 Å². The van der Waals surface area contributed by atoms with Gasteiger partial charge in [0.15, 0.2) is 0 Å². The highest BCUT2D eigenvalue weighted by atomic mass is 32.1. The Hall–Kier alpha value is -0.500. The van der Waals surface area contributed by atoms with E-state index < -0.39 is 0 Å². The van der Waals surface area contributed by atoms with Crippen LogP contribution in [0.25, 0.3) is 0 Å². The standard InChI is InChI=1S/C5H4OS/c1-4-2-7-3-5(4)6-1/h2-3H,1H2. The Morgan fingerprint density at radius 1 is 1.57 bits per heavy atom. The van der Waals surface area contributed by atoms with Gasteiger partial charge >= 0.3 is 0 Å². The number of thiophene rings is 1. The Balaban J connectivity index is 2.69. The molecule has 0 atom stereocenters. The summed E-state index contributed by atoms with van der Waals surface area (Å²) in [6.07, 6.45) is 0. The summed E-state index contributed by atoms with van der Waals surface area (Å²) >= 11 is 1.70. The van der Waals surface area contributed by atoms with E-state index in [-0.39, 0.29) is 0 Å². The zero-order chi connectivity index (χ0) is 4.69. The largest absolute Gasteiger partial charge is 0.487 e. The quantitative estimate of drug-likeness (QED) is 0.495. The third-order valence-corrected chi connectivity index (χ3v) is 1.86. The molecule has 0 spiro atoms. The predicted molar refractivity (Wildman–Crippen MR) is 28.7 cm³/mol. The fourth-order valence-corrected chi connectivity index (χ4v) is 1.38. The molecule has 1 aliphatic rings. The van der Waals surface area contributed by atoms with Crippen molar-refractivity contribution >= 4 is 11.3 Å². The first-order valence-corrected chi connectivity index (χ1v) is 3.09. The van der Waals surface area contributed by atoms with Crippen LogP contribution in [-0.4, -0.2) is 0 Å². The molecule has 1 aliphatic heterocycles. The Bertz CT molecular complexity index is 161. The molecule has 7 heavy (non-hydrogen) atoms. The van der Waals surface area contributed by atoms with Crippen molar-refractivity contribution in [2.75, 3.05) is 0 Å². The van der Waals surface area contributed by atoms with Gasteiger partial charge in [-0.05, 0) is 0 Å². The molecular formula is C5H4OS. The summed E-state index contributed by atoms with van der Waals surface area (Å²) in [7, 11) is 0. The van der Waals surface area contributed by atoms with Crippen LogP contribution < -0.4 is 4.74 Å². The van der Waals surface area contributed by atoms with Crippen LogP contribution in [0.3, 0.4) is 0 Å². The summed E-state index contributed by atoms with van der Waals surface area (Å²) in [5.74, 6) is 1.09. The maximum Gasteiger partial charge on any atom is 0.137 e. The Morgan fingerprint density at radius 2 is 2.57 bits per heavy atom. The van der Waals surface area contributed by atoms with E-state index in [1.54, 1.807) is 11.3 Å². The van der Waals surface area contributed by atoms with E-state index in [0.717, 1.165) is 12.4 Å². The van der Waals surface area contributed by atoms with E-state index in [2.05, 4.69) is 5.38 Å². The molecule has 2 heteroatoms. The number of hydrogen-bond acceptors (Lipinski definition) is 2. The topological polar surface area (TPSA) is 9.23 Å². The summed E-state index contributed by atoms with van der Waals surface area (Å²) in [6, 6.07) is 0. The first kappa shape index (κ1) is 3.50. The minimum absolute atomic E-state index is 0.832. The van der Waals surface area contributed by atoms with Crippen LogP contribution in [0.5, 0.6) is 5.75 Å². The second-order valence-electron chi connectivity index (χ2n) is 1.55. The van der Waals surface area contributed by atoms with Crippen LogP contribution in [0.15, 0.2) is 10.8 Å². The van der Waals surface area contributed by atoms with Gasteiger partial charge in [0.25, 0.3) is 0 Å². The second-order valence-corrected chi connectivity index (χ2v) is 2.29. The van der Waals surface area contributed by atoms with Crippen LogP contribution >= 0.6 is 11.3 Å². The zero-order valence-electron chi connectivity index (χ0n) is 3.68. The van der Waals surface area contributed by atoms with Crippen molar-refractivity contribution < 1.29 is 4.74 Å². The van der Waals surface area contributed by atoms with Gasteiger partial charge in [-0.15, -0.1) is 11.3 Å². The van der Waals surface area contributed by atoms with E-state index in [1.807, 2.05) is 5.38 Å². The minimum atomic E-state index is 0.832. The zero-order valence-corrected chi connectivity index (χ0v) is 4.49. The molecule has 2 heterocycles. The molecule has 0 amide bonds. The van der Waals surface area contributed by atoms with Crippen LogP contribution in [0.4, 0.5) is 0 Å². The molecule has 0 unspecified atom stereocenters.